The summed E-state index contributed by atoms with van der Waals surface area (Å²) in [6.45, 7) is 0.112. The van der Waals surface area contributed by atoms with E-state index in [1.165, 1.54) is 25.3 Å². The summed E-state index contributed by atoms with van der Waals surface area (Å²) in [5.74, 6) is 1.81. The molecule has 10 heteroatoms. The van der Waals surface area contributed by atoms with E-state index in [0.29, 0.717) is 22.9 Å². The third-order valence-corrected chi connectivity index (χ3v) is 3.24. The van der Waals surface area contributed by atoms with Gasteiger partial charge in [0, 0.05) is 17.8 Å². The quantitative estimate of drug-likeness (QED) is 0.327. The zero-order chi connectivity index (χ0) is 20.9. The van der Waals surface area contributed by atoms with Crippen molar-refractivity contribution in [1.29, 1.82) is 0 Å². The molecule has 0 fully saturated rings. The Hall–Kier alpha value is -3.24. The Labute approximate surface area is 162 Å². The molecule has 2 rings (SSSR count). The van der Waals surface area contributed by atoms with Crippen LogP contribution in [-0.2, 0) is 0 Å². The molecule has 0 saturated carbocycles. The van der Waals surface area contributed by atoms with Crippen molar-refractivity contribution in [1.82, 2.24) is 0 Å². The van der Waals surface area contributed by atoms with Crippen molar-refractivity contribution in [2.45, 2.75) is 0 Å². The van der Waals surface area contributed by atoms with E-state index < -0.39 is 4.92 Å². The maximum atomic E-state index is 10.5. The maximum Gasteiger partial charge on any atom is 0.273 e. The van der Waals surface area contributed by atoms with Crippen LogP contribution < -0.4 is 24.7 Å². The monoisotopic (exact) mass is 396 g/mol. The van der Waals surface area contributed by atoms with Gasteiger partial charge in [0.2, 0.25) is 0 Å². The first-order valence-electron chi connectivity index (χ1n) is 8.20. The number of nitrogens with two attached hydrogens (primary N) is 1. The van der Waals surface area contributed by atoms with Crippen LogP contribution in [0, 0.1) is 10.1 Å². The molecular formula is C18H24N2O8. The zero-order valence-corrected chi connectivity index (χ0v) is 15.7. The molecule has 154 valence electrons. The van der Waals surface area contributed by atoms with E-state index in [9.17, 15) is 10.1 Å². The first-order valence-corrected chi connectivity index (χ1v) is 8.20. The molecule has 0 aromatic heterocycles. The molecule has 10 nitrogen and oxygen atoms in total. The number of aliphatic hydroxyl groups excluding tert-OH is 2. The van der Waals surface area contributed by atoms with Gasteiger partial charge in [0.1, 0.15) is 13.2 Å². The van der Waals surface area contributed by atoms with Gasteiger partial charge in [-0.3, -0.25) is 10.1 Å². The van der Waals surface area contributed by atoms with Crippen LogP contribution in [0.2, 0.25) is 0 Å². The Morgan fingerprint density at radius 2 is 1.39 bits per heavy atom. The van der Waals surface area contributed by atoms with Crippen molar-refractivity contribution in [3.63, 3.8) is 0 Å². The summed E-state index contributed by atoms with van der Waals surface area (Å²) in [6, 6.07) is 9.14. The lowest BCUT2D eigenvalue weighted by Gasteiger charge is -2.09. The summed E-state index contributed by atoms with van der Waals surface area (Å²) in [6.07, 6.45) is 0. The number of benzene rings is 2. The van der Waals surface area contributed by atoms with Gasteiger partial charge in [-0.15, -0.1) is 0 Å². The molecule has 0 radical (unpaired) electrons. The summed E-state index contributed by atoms with van der Waals surface area (Å²) >= 11 is 0. The van der Waals surface area contributed by atoms with E-state index in [-0.39, 0.29) is 37.9 Å². The second-order valence-corrected chi connectivity index (χ2v) is 5.15. The molecule has 0 unspecified atom stereocenters. The largest absolute Gasteiger partial charge is 0.493 e. The number of nitrogen functional groups attached to an aromatic ring is 1. The molecule has 0 bridgehead atoms. The van der Waals surface area contributed by atoms with E-state index in [1.54, 1.807) is 25.3 Å². The van der Waals surface area contributed by atoms with Gasteiger partial charge in [0.15, 0.2) is 23.0 Å². The van der Waals surface area contributed by atoms with E-state index in [2.05, 4.69) is 0 Å². The van der Waals surface area contributed by atoms with Gasteiger partial charge in [-0.1, -0.05) is 0 Å². The number of nitro groups is 1. The van der Waals surface area contributed by atoms with Gasteiger partial charge in [0.05, 0.1) is 38.4 Å². The minimum Gasteiger partial charge on any atom is -0.493 e. The summed E-state index contributed by atoms with van der Waals surface area (Å²) in [4.78, 5) is 9.96. The highest BCUT2D eigenvalue weighted by atomic mass is 16.6. The molecule has 0 saturated heterocycles. The second kappa shape index (κ2) is 12.2. The maximum absolute atomic E-state index is 10.5. The normalized spacial score (nSPS) is 9.71. The van der Waals surface area contributed by atoms with Gasteiger partial charge >= 0.3 is 0 Å². The molecule has 0 heterocycles. The van der Waals surface area contributed by atoms with Crippen molar-refractivity contribution in [2.75, 3.05) is 46.4 Å². The van der Waals surface area contributed by atoms with E-state index in [4.69, 9.17) is 34.9 Å². The SMILES string of the molecule is COc1ccc(N)cc1OCCO.COc1ccc([N+](=O)[O-])cc1OCCO. The predicted molar refractivity (Wildman–Crippen MR) is 102 cm³/mol. The molecule has 0 aliphatic rings. The van der Waals surface area contributed by atoms with Crippen LogP contribution in [0.4, 0.5) is 11.4 Å². The lowest BCUT2D eigenvalue weighted by Crippen LogP contribution is -2.03. The fourth-order valence-corrected chi connectivity index (χ4v) is 2.01. The third-order valence-electron chi connectivity index (χ3n) is 3.24. The molecule has 0 aliphatic heterocycles. The summed E-state index contributed by atoms with van der Waals surface area (Å²) < 4.78 is 20.3. The molecule has 0 aliphatic carbocycles. The number of hydrogen-bond donors (Lipinski definition) is 3. The fraction of sp³-hybridized carbons (Fsp3) is 0.333. The fourth-order valence-electron chi connectivity index (χ4n) is 2.01. The second-order valence-electron chi connectivity index (χ2n) is 5.15. The lowest BCUT2D eigenvalue weighted by atomic mass is 10.3. The first-order chi connectivity index (χ1) is 13.5. The number of ether oxygens (including phenoxy) is 4. The highest BCUT2D eigenvalue weighted by Gasteiger charge is 2.12. The van der Waals surface area contributed by atoms with Crippen LogP contribution in [0.25, 0.3) is 0 Å². The Kier molecular flexibility index (Phi) is 9.94. The lowest BCUT2D eigenvalue weighted by molar-refractivity contribution is -0.385. The highest BCUT2D eigenvalue weighted by molar-refractivity contribution is 5.52. The average molecular weight is 396 g/mol. The van der Waals surface area contributed by atoms with Gasteiger partial charge in [-0.25, -0.2) is 0 Å². The van der Waals surface area contributed by atoms with E-state index in [1.807, 2.05) is 0 Å². The van der Waals surface area contributed by atoms with Crippen LogP contribution in [0.3, 0.4) is 0 Å². The molecule has 4 N–H and O–H groups in total. The van der Waals surface area contributed by atoms with Gasteiger partial charge in [-0.05, 0) is 18.2 Å². The number of non-ortho nitro benzene ring substituents is 1. The van der Waals surface area contributed by atoms with Crippen molar-refractivity contribution in [2.24, 2.45) is 0 Å². The molecule has 0 spiro atoms. The van der Waals surface area contributed by atoms with Gasteiger partial charge < -0.3 is 34.9 Å². The van der Waals surface area contributed by atoms with Crippen molar-refractivity contribution >= 4 is 11.4 Å². The number of rotatable bonds is 9. The van der Waals surface area contributed by atoms with Crippen molar-refractivity contribution < 1.29 is 34.1 Å². The Balaban J connectivity index is 0.000000283. The van der Waals surface area contributed by atoms with Crippen LogP contribution >= 0.6 is 0 Å². The highest BCUT2D eigenvalue weighted by Crippen LogP contribution is 2.31. The molecule has 0 amide bonds. The van der Waals surface area contributed by atoms with E-state index >= 15 is 0 Å². The van der Waals surface area contributed by atoms with Gasteiger partial charge in [-0.2, -0.15) is 0 Å². The standard InChI is InChI=1S/C9H11NO5.C9H13NO3/c1-14-8-3-2-7(10(12)13)6-9(8)15-5-4-11;1-12-8-3-2-7(10)6-9(8)13-5-4-11/h2-3,6,11H,4-5H2,1H3;2-3,6,11H,4-5,10H2,1H3. The summed E-state index contributed by atoms with van der Waals surface area (Å²) in [7, 11) is 2.99. The van der Waals surface area contributed by atoms with Crippen LogP contribution in [0.5, 0.6) is 23.0 Å². The molecule has 28 heavy (non-hydrogen) atoms. The number of nitrogens with zero attached hydrogens (tertiary/aromatic N) is 1. The number of nitro benzene ring substituents is 1. The van der Waals surface area contributed by atoms with Crippen LogP contribution in [0.1, 0.15) is 0 Å². The van der Waals surface area contributed by atoms with Crippen molar-refractivity contribution in [3.8, 4) is 23.0 Å². The van der Waals surface area contributed by atoms with Gasteiger partial charge in [0.25, 0.3) is 5.69 Å². The number of hydrogen-bond acceptors (Lipinski definition) is 9. The van der Waals surface area contributed by atoms with Crippen molar-refractivity contribution in [3.05, 3.63) is 46.5 Å². The first kappa shape index (κ1) is 22.8. The summed E-state index contributed by atoms with van der Waals surface area (Å²) in [5.41, 5.74) is 6.08. The Morgan fingerprint density at radius 1 is 0.893 bits per heavy atom. The Morgan fingerprint density at radius 3 is 1.86 bits per heavy atom. The van der Waals surface area contributed by atoms with Crippen LogP contribution in [0.15, 0.2) is 36.4 Å². The smallest absolute Gasteiger partial charge is 0.273 e. The Bertz CT molecular complexity index is 754. The molecular weight excluding hydrogens is 372 g/mol. The molecule has 2 aromatic carbocycles. The zero-order valence-electron chi connectivity index (χ0n) is 15.7. The van der Waals surface area contributed by atoms with E-state index in [0.717, 1.165) is 0 Å². The minimum absolute atomic E-state index is 0.0298. The average Bonchev–Trinajstić information content (AvgIpc) is 2.70. The minimum atomic E-state index is -0.523. The predicted octanol–water partition coefficient (Wildman–Crippen LogP) is 1.62. The molecule has 2 aromatic rings. The molecule has 0 atom stereocenters. The number of aliphatic hydroxyl groups is 2. The number of anilines is 1. The number of methoxy groups -OCH3 is 2. The van der Waals surface area contributed by atoms with Crippen LogP contribution in [-0.4, -0.2) is 55.8 Å². The topological polar surface area (TPSA) is 147 Å². The summed E-state index contributed by atoms with van der Waals surface area (Å²) in [5, 5.41) is 27.6. The third kappa shape index (κ3) is 7.17.